The Hall–Kier alpha value is -3.86. The third-order valence-corrected chi connectivity index (χ3v) is 8.23. The van der Waals surface area contributed by atoms with Crippen LogP contribution in [0, 0.1) is 43.9 Å². The molecule has 0 bridgehead atoms. The number of fused-ring (bicyclic) bond motifs is 1. The number of nitro groups is 2. The molecule has 0 radical (unpaired) electrons. The molecular weight excluding hydrogens is 480 g/mol. The van der Waals surface area contributed by atoms with Gasteiger partial charge in [-0.3, -0.25) is 29.8 Å². The third kappa shape index (κ3) is 4.55. The number of likely N-dealkylation sites (tertiary alicyclic amines) is 1. The summed E-state index contributed by atoms with van der Waals surface area (Å²) in [4.78, 5) is 48.6. The van der Waals surface area contributed by atoms with Crippen LogP contribution in [0.15, 0.2) is 48.5 Å². The molecule has 37 heavy (non-hydrogen) atoms. The van der Waals surface area contributed by atoms with Crippen LogP contribution in [0.3, 0.4) is 0 Å². The minimum Gasteiger partial charge on any atom is -0.375 e. The van der Waals surface area contributed by atoms with Crippen molar-refractivity contribution >= 4 is 23.2 Å². The number of rotatable bonds is 8. The number of carbonyl (C=O) groups excluding carboxylic acids is 2. The molecule has 2 aromatic carbocycles. The maximum Gasteiger partial charge on any atom is 0.277 e. The summed E-state index contributed by atoms with van der Waals surface area (Å²) in [5.41, 5.74) is -2.08. The normalized spacial score (nSPS) is 24.2. The summed E-state index contributed by atoms with van der Waals surface area (Å²) < 4.78 is 0. The lowest BCUT2D eigenvalue weighted by atomic mass is 9.79. The predicted octanol–water partition coefficient (Wildman–Crippen LogP) is 3.02. The fourth-order valence-electron chi connectivity index (χ4n) is 6.16. The van der Waals surface area contributed by atoms with Crippen LogP contribution in [-0.4, -0.2) is 51.3 Å². The molecular formula is C26H28N4O7. The minimum absolute atomic E-state index is 0.0865. The smallest absolute Gasteiger partial charge is 0.277 e. The van der Waals surface area contributed by atoms with Crippen LogP contribution < -0.4 is 5.32 Å². The van der Waals surface area contributed by atoms with Crippen molar-refractivity contribution in [3.05, 3.63) is 79.9 Å². The van der Waals surface area contributed by atoms with E-state index in [1.807, 2.05) is 18.2 Å². The molecule has 3 fully saturated rings. The second-order valence-corrected chi connectivity index (χ2v) is 10.3. The predicted molar refractivity (Wildman–Crippen MR) is 131 cm³/mol. The molecule has 1 saturated heterocycles. The zero-order valence-electron chi connectivity index (χ0n) is 20.1. The van der Waals surface area contributed by atoms with E-state index in [1.165, 1.54) is 0 Å². The van der Waals surface area contributed by atoms with E-state index >= 15 is 0 Å². The molecule has 2 N–H and O–H groups in total. The van der Waals surface area contributed by atoms with Crippen molar-refractivity contribution in [1.29, 1.82) is 0 Å². The number of nitrogens with zero attached hydrogens (tertiary/aromatic N) is 3. The highest BCUT2D eigenvalue weighted by molar-refractivity contribution is 5.96. The van der Waals surface area contributed by atoms with Crippen LogP contribution in [0.25, 0.3) is 0 Å². The van der Waals surface area contributed by atoms with Crippen LogP contribution >= 0.6 is 0 Å². The molecule has 11 nitrogen and oxygen atoms in total. The van der Waals surface area contributed by atoms with Crippen molar-refractivity contribution in [2.75, 3.05) is 19.6 Å². The Balaban J connectivity index is 1.21. The first kappa shape index (κ1) is 24.8. The number of non-ortho nitro benzene ring substituents is 2. The van der Waals surface area contributed by atoms with Crippen LogP contribution in [0.4, 0.5) is 11.4 Å². The number of benzene rings is 2. The van der Waals surface area contributed by atoms with E-state index in [1.54, 1.807) is 17.0 Å². The number of hydrogen-bond acceptors (Lipinski definition) is 7. The Morgan fingerprint density at radius 3 is 2.08 bits per heavy atom. The number of nitro benzene ring substituents is 2. The molecule has 0 aromatic heterocycles. The maximum atomic E-state index is 13.3. The Kier molecular flexibility index (Phi) is 6.40. The molecule has 1 aliphatic heterocycles. The highest BCUT2D eigenvalue weighted by Gasteiger charge is 2.57. The minimum atomic E-state index is -1.58. The van der Waals surface area contributed by atoms with Gasteiger partial charge >= 0.3 is 0 Å². The van der Waals surface area contributed by atoms with Gasteiger partial charge in [0.25, 0.3) is 23.2 Å². The lowest BCUT2D eigenvalue weighted by Crippen LogP contribution is -2.49. The van der Waals surface area contributed by atoms with Gasteiger partial charge < -0.3 is 15.3 Å². The molecule has 3 aliphatic rings. The lowest BCUT2D eigenvalue weighted by Gasteiger charge is -2.33. The molecule has 2 aromatic rings. The molecule has 2 saturated carbocycles. The van der Waals surface area contributed by atoms with Gasteiger partial charge in [0, 0.05) is 37.7 Å². The average Bonchev–Trinajstić information content (AvgIpc) is 3.30. The third-order valence-electron chi connectivity index (χ3n) is 8.23. The van der Waals surface area contributed by atoms with E-state index < -0.39 is 38.6 Å². The molecule has 194 valence electrons. The van der Waals surface area contributed by atoms with Crippen LogP contribution in [-0.2, 0) is 10.4 Å². The quantitative estimate of drug-likeness (QED) is 0.410. The molecule has 4 atom stereocenters. The second-order valence-electron chi connectivity index (χ2n) is 10.3. The lowest BCUT2D eigenvalue weighted by molar-refractivity contribution is -0.394. The van der Waals surface area contributed by atoms with Crippen molar-refractivity contribution in [3.8, 4) is 0 Å². The zero-order valence-corrected chi connectivity index (χ0v) is 20.1. The summed E-state index contributed by atoms with van der Waals surface area (Å²) in [7, 11) is 0. The Bertz CT molecular complexity index is 1200. The molecule has 0 spiro atoms. The van der Waals surface area contributed by atoms with E-state index in [0.717, 1.165) is 43.9 Å². The van der Waals surface area contributed by atoms with Crippen molar-refractivity contribution < 1.29 is 24.5 Å². The van der Waals surface area contributed by atoms with Gasteiger partial charge in [0.15, 0.2) is 5.60 Å². The van der Waals surface area contributed by atoms with E-state index in [0.29, 0.717) is 25.2 Å². The largest absolute Gasteiger partial charge is 0.375 e. The van der Waals surface area contributed by atoms with Crippen LogP contribution in [0.5, 0.6) is 0 Å². The van der Waals surface area contributed by atoms with Gasteiger partial charge in [0.05, 0.1) is 21.5 Å². The van der Waals surface area contributed by atoms with Gasteiger partial charge in [-0.05, 0) is 36.2 Å². The first-order chi connectivity index (χ1) is 17.7. The number of hydrogen-bond donors (Lipinski definition) is 2. The van der Waals surface area contributed by atoms with Crippen LogP contribution in [0.2, 0.25) is 0 Å². The SMILES string of the molecule is O=C(c1cc([N+](=O)[O-])cc([N+](=O)[O-])c1)N1CC2C(CNC(=O)C(O)(c3ccccc3)C3CCCC3)[C@H]2C1. The van der Waals surface area contributed by atoms with E-state index in [2.05, 4.69) is 5.32 Å². The summed E-state index contributed by atoms with van der Waals surface area (Å²) in [6.07, 6.45) is 3.55. The number of amides is 2. The Labute approximate surface area is 212 Å². The number of carbonyl (C=O) groups is 2. The Morgan fingerprint density at radius 2 is 1.54 bits per heavy atom. The van der Waals surface area contributed by atoms with E-state index in [4.69, 9.17) is 0 Å². The first-order valence-electron chi connectivity index (χ1n) is 12.5. The maximum absolute atomic E-state index is 13.3. The van der Waals surface area contributed by atoms with Crippen LogP contribution in [0.1, 0.15) is 41.6 Å². The second kappa shape index (κ2) is 9.55. The van der Waals surface area contributed by atoms with Crippen molar-refractivity contribution in [3.63, 3.8) is 0 Å². The summed E-state index contributed by atoms with van der Waals surface area (Å²) >= 11 is 0. The van der Waals surface area contributed by atoms with Crippen molar-refractivity contribution in [1.82, 2.24) is 10.2 Å². The standard InChI is InChI=1S/C26H28N4O7/c31-24(16-10-19(29(34)35)12-20(11-16)30(36)37)28-14-22-21(23(22)15-28)13-27-25(32)26(33,18-8-4-5-9-18)17-6-2-1-3-7-17/h1-3,6-7,10-12,18,21-23,33H,4-5,8-9,13-15H2,(H,27,32)/t21?,22-,23?,26?/m1/s1. The highest BCUT2D eigenvalue weighted by atomic mass is 16.6. The van der Waals surface area contributed by atoms with E-state index in [9.17, 15) is 34.9 Å². The topological polar surface area (TPSA) is 156 Å². The van der Waals surface area contributed by atoms with Gasteiger partial charge in [-0.2, -0.15) is 0 Å². The molecule has 2 amide bonds. The summed E-state index contributed by atoms with van der Waals surface area (Å²) in [6.45, 7) is 1.21. The van der Waals surface area contributed by atoms with Gasteiger partial charge in [-0.25, -0.2) is 0 Å². The van der Waals surface area contributed by atoms with Gasteiger partial charge in [0.1, 0.15) is 0 Å². The van der Waals surface area contributed by atoms with Crippen molar-refractivity contribution in [2.45, 2.75) is 31.3 Å². The van der Waals surface area contributed by atoms with Gasteiger partial charge in [0.2, 0.25) is 0 Å². The molecule has 11 heteroatoms. The zero-order chi connectivity index (χ0) is 26.3. The fourth-order valence-corrected chi connectivity index (χ4v) is 6.16. The average molecular weight is 509 g/mol. The van der Waals surface area contributed by atoms with E-state index in [-0.39, 0.29) is 29.2 Å². The molecule has 1 heterocycles. The summed E-state index contributed by atoms with van der Waals surface area (Å²) in [5.74, 6) is -0.533. The Morgan fingerprint density at radius 1 is 0.973 bits per heavy atom. The number of piperidine rings is 1. The van der Waals surface area contributed by atoms with Crippen molar-refractivity contribution in [2.24, 2.45) is 23.7 Å². The summed E-state index contributed by atoms with van der Waals surface area (Å²) in [5, 5.41) is 36.9. The number of aliphatic hydroxyl groups is 1. The monoisotopic (exact) mass is 508 g/mol. The first-order valence-corrected chi connectivity index (χ1v) is 12.5. The number of nitrogens with one attached hydrogen (secondary N) is 1. The molecule has 3 unspecified atom stereocenters. The fraction of sp³-hybridized carbons (Fsp3) is 0.462. The molecule has 5 rings (SSSR count). The molecule has 2 aliphatic carbocycles. The summed E-state index contributed by atoms with van der Waals surface area (Å²) in [6, 6.07) is 12.0. The van der Waals surface area contributed by atoms with Gasteiger partial charge in [-0.15, -0.1) is 0 Å². The van der Waals surface area contributed by atoms with Gasteiger partial charge in [-0.1, -0.05) is 43.2 Å². The highest BCUT2D eigenvalue weighted by Crippen LogP contribution is 2.52.